The van der Waals surface area contributed by atoms with Gasteiger partial charge in [-0.2, -0.15) is 0 Å². The number of rotatable bonds is 11. The fraction of sp³-hybridized carbons (Fsp3) is 0.545. The number of esters is 1. The molecule has 0 saturated heterocycles. The largest absolute Gasteiger partial charge is 0.444 e. The van der Waals surface area contributed by atoms with Gasteiger partial charge in [0.1, 0.15) is 23.4 Å². The maximum atomic E-state index is 13.4. The topological polar surface area (TPSA) is 131 Å². The third kappa shape index (κ3) is 6.07. The summed E-state index contributed by atoms with van der Waals surface area (Å²) in [6.45, 7) is 4.80. The average molecular weight is 637 g/mol. The Morgan fingerprint density at radius 1 is 1.18 bits per heavy atom. The van der Waals surface area contributed by atoms with Gasteiger partial charge < -0.3 is 19.4 Å². The molecule has 242 valence electrons. The minimum atomic E-state index is -3.21. The first kappa shape index (κ1) is 31.5. The number of carbonyl (C=O) groups is 1. The Kier molecular flexibility index (Phi) is 8.91. The van der Waals surface area contributed by atoms with Crippen LogP contribution in [0.2, 0.25) is 0 Å². The van der Waals surface area contributed by atoms with E-state index in [1.165, 1.54) is 23.6 Å². The summed E-state index contributed by atoms with van der Waals surface area (Å²) in [4.78, 5) is 28.3. The first-order valence-electron chi connectivity index (χ1n) is 16.0. The van der Waals surface area contributed by atoms with Crippen molar-refractivity contribution in [1.82, 2.24) is 24.2 Å². The maximum absolute atomic E-state index is 13.4. The van der Waals surface area contributed by atoms with Crippen molar-refractivity contribution in [2.24, 2.45) is 5.92 Å². The number of ether oxygens (including phenoxy) is 2. The second-order valence-corrected chi connectivity index (χ2v) is 14.4. The quantitative estimate of drug-likeness (QED) is 0.225. The van der Waals surface area contributed by atoms with Crippen LogP contribution in [0.5, 0.6) is 0 Å². The minimum Gasteiger partial charge on any atom is -0.444 e. The van der Waals surface area contributed by atoms with Gasteiger partial charge in [0.15, 0.2) is 6.73 Å². The molecule has 4 aromatic rings. The highest BCUT2D eigenvalue weighted by Crippen LogP contribution is 2.42. The lowest BCUT2D eigenvalue weighted by Gasteiger charge is -2.36. The Morgan fingerprint density at radius 3 is 2.71 bits per heavy atom. The van der Waals surface area contributed by atoms with Crippen LogP contribution in [0.15, 0.2) is 36.8 Å². The van der Waals surface area contributed by atoms with Gasteiger partial charge in [0.05, 0.1) is 29.9 Å². The number of H-pyrrole nitrogens is 1. The van der Waals surface area contributed by atoms with Gasteiger partial charge in [0.25, 0.3) is 0 Å². The van der Waals surface area contributed by atoms with Crippen molar-refractivity contribution in [3.8, 4) is 0 Å². The zero-order chi connectivity index (χ0) is 31.8. The summed E-state index contributed by atoms with van der Waals surface area (Å²) in [6, 6.07) is 8.61. The number of carbonyl (C=O) groups excluding carboxylic acids is 1. The molecule has 0 spiro atoms. The molecule has 45 heavy (non-hydrogen) atoms. The molecule has 12 heteroatoms. The van der Waals surface area contributed by atoms with E-state index in [9.17, 15) is 13.2 Å². The summed E-state index contributed by atoms with van der Waals surface area (Å²) >= 11 is 0. The van der Waals surface area contributed by atoms with E-state index in [2.05, 4.69) is 56.6 Å². The van der Waals surface area contributed by atoms with Crippen molar-refractivity contribution >= 4 is 43.7 Å². The first-order chi connectivity index (χ1) is 21.7. The molecule has 3 aromatic heterocycles. The average Bonchev–Trinajstić information content (AvgIpc) is 3.66. The highest BCUT2D eigenvalue weighted by Gasteiger charge is 2.41. The van der Waals surface area contributed by atoms with Crippen LogP contribution in [-0.4, -0.2) is 66.4 Å². The van der Waals surface area contributed by atoms with Gasteiger partial charge in [-0.05, 0) is 75.1 Å². The SMILES string of the molecule is CCc1cccc2c3c([nH]c12)C(CC)(CC(=O)OCn1ccc2c(N(C)[C@H]4CC[C@H](CS(=O)(=O)NC)CC4)ncnc21)OCC3. The van der Waals surface area contributed by atoms with E-state index >= 15 is 0 Å². The Bertz CT molecular complexity index is 1790. The fourth-order valence-corrected chi connectivity index (χ4v) is 8.43. The predicted molar refractivity (Wildman–Crippen MR) is 175 cm³/mol. The number of para-hydroxylation sites is 1. The van der Waals surface area contributed by atoms with E-state index in [0.29, 0.717) is 18.7 Å². The molecular weight excluding hydrogens is 592 g/mol. The summed E-state index contributed by atoms with van der Waals surface area (Å²) < 4.78 is 40.5. The highest BCUT2D eigenvalue weighted by atomic mass is 32.2. The lowest BCUT2D eigenvalue weighted by molar-refractivity contribution is -0.158. The summed E-state index contributed by atoms with van der Waals surface area (Å²) in [6.07, 6.45) is 9.40. The van der Waals surface area contributed by atoms with Crippen LogP contribution in [0.25, 0.3) is 21.9 Å². The predicted octanol–water partition coefficient (Wildman–Crippen LogP) is 4.79. The van der Waals surface area contributed by atoms with Crippen molar-refractivity contribution in [1.29, 1.82) is 0 Å². The van der Waals surface area contributed by atoms with Crippen LogP contribution in [0.4, 0.5) is 5.82 Å². The van der Waals surface area contributed by atoms with Crippen molar-refractivity contribution in [3.05, 3.63) is 53.6 Å². The van der Waals surface area contributed by atoms with E-state index in [-0.39, 0.29) is 36.8 Å². The van der Waals surface area contributed by atoms with Crippen molar-refractivity contribution in [2.45, 2.75) is 83.6 Å². The van der Waals surface area contributed by atoms with Gasteiger partial charge in [0, 0.05) is 30.2 Å². The number of hydrogen-bond donors (Lipinski definition) is 2. The number of anilines is 1. The lowest BCUT2D eigenvalue weighted by atomic mass is 9.86. The number of aromatic amines is 1. The molecule has 1 aliphatic carbocycles. The van der Waals surface area contributed by atoms with E-state index in [4.69, 9.17) is 9.47 Å². The van der Waals surface area contributed by atoms with Crippen molar-refractivity contribution in [3.63, 3.8) is 0 Å². The van der Waals surface area contributed by atoms with Crippen LogP contribution >= 0.6 is 0 Å². The minimum absolute atomic E-state index is 0.0346. The van der Waals surface area contributed by atoms with Gasteiger partial charge in [-0.1, -0.05) is 32.0 Å². The Morgan fingerprint density at radius 2 is 1.98 bits per heavy atom. The van der Waals surface area contributed by atoms with Gasteiger partial charge in [0.2, 0.25) is 10.0 Å². The molecule has 6 rings (SSSR count). The van der Waals surface area contributed by atoms with Gasteiger partial charge in [-0.3, -0.25) is 9.36 Å². The summed E-state index contributed by atoms with van der Waals surface area (Å²) in [5, 5.41) is 2.10. The molecule has 1 aliphatic heterocycles. The third-order valence-electron chi connectivity index (χ3n) is 9.96. The van der Waals surface area contributed by atoms with Crippen LogP contribution in [0, 0.1) is 5.92 Å². The van der Waals surface area contributed by atoms with Gasteiger partial charge >= 0.3 is 5.97 Å². The molecule has 1 unspecified atom stereocenters. The molecule has 11 nitrogen and oxygen atoms in total. The van der Waals surface area contributed by atoms with Crippen molar-refractivity contribution in [2.75, 3.05) is 31.4 Å². The van der Waals surface area contributed by atoms with E-state index in [1.807, 2.05) is 23.9 Å². The Labute approximate surface area is 264 Å². The number of aromatic nitrogens is 4. The van der Waals surface area contributed by atoms with Gasteiger partial charge in [-0.15, -0.1) is 0 Å². The Balaban J connectivity index is 1.14. The second-order valence-electron chi connectivity index (χ2n) is 12.4. The van der Waals surface area contributed by atoms with Crippen LogP contribution in [-0.2, 0) is 49.5 Å². The van der Waals surface area contributed by atoms with E-state index < -0.39 is 15.6 Å². The zero-order valence-corrected chi connectivity index (χ0v) is 27.5. The number of aryl methyl sites for hydroxylation is 1. The molecule has 0 bridgehead atoms. The fourth-order valence-electron chi connectivity index (χ4n) is 7.31. The molecule has 1 fully saturated rings. The lowest BCUT2D eigenvalue weighted by Crippen LogP contribution is -2.38. The number of nitrogens with zero attached hydrogens (tertiary/aromatic N) is 4. The molecule has 0 radical (unpaired) electrons. The summed E-state index contributed by atoms with van der Waals surface area (Å²) in [5.74, 6) is 0.822. The van der Waals surface area contributed by atoms with Crippen LogP contribution in [0.1, 0.15) is 69.2 Å². The Hall–Kier alpha value is -3.48. The number of fused-ring (bicyclic) bond motifs is 4. The third-order valence-corrected chi connectivity index (χ3v) is 11.5. The normalized spacial score (nSPS) is 22.0. The first-order valence-corrected chi connectivity index (χ1v) is 17.7. The molecule has 1 saturated carbocycles. The van der Waals surface area contributed by atoms with Crippen molar-refractivity contribution < 1.29 is 22.7 Å². The number of hydrogen-bond acceptors (Lipinski definition) is 8. The van der Waals surface area contributed by atoms with E-state index in [1.54, 1.807) is 6.33 Å². The smallest absolute Gasteiger partial charge is 0.310 e. The maximum Gasteiger partial charge on any atom is 0.310 e. The number of benzene rings is 1. The highest BCUT2D eigenvalue weighted by molar-refractivity contribution is 7.89. The van der Waals surface area contributed by atoms with E-state index in [0.717, 1.165) is 60.9 Å². The number of sulfonamides is 1. The second kappa shape index (κ2) is 12.7. The van der Waals surface area contributed by atoms with Crippen LogP contribution in [0.3, 0.4) is 0 Å². The standard InChI is InChI=1S/C33H44N6O5S/c1-5-23-8-7-9-25-26-15-17-44-33(6-2,30(26)37-29(23)25)18-28(40)43-21-39-16-14-27-31(35-20-36-32(27)39)38(4)24-12-10-22(11-13-24)19-45(41,42)34-3/h7-9,14,16,20,22,24,34,37H,5-6,10-13,15,17-19,21H2,1-4H3/t22-,24-,33?. The molecule has 4 heterocycles. The molecule has 2 N–H and O–H groups in total. The zero-order valence-electron chi connectivity index (χ0n) is 26.6. The molecule has 0 amide bonds. The monoisotopic (exact) mass is 636 g/mol. The molecule has 1 atom stereocenters. The summed E-state index contributed by atoms with van der Waals surface area (Å²) in [7, 11) is 0.287. The van der Waals surface area contributed by atoms with Gasteiger partial charge in [-0.25, -0.2) is 23.1 Å². The number of nitrogens with one attached hydrogen (secondary N) is 2. The molecule has 2 aliphatic rings. The van der Waals surface area contributed by atoms with Crippen LogP contribution < -0.4 is 9.62 Å². The molecule has 1 aromatic carbocycles. The summed E-state index contributed by atoms with van der Waals surface area (Å²) in [5.41, 5.74) is 4.56. The molecular formula is C33H44N6O5S.